The van der Waals surface area contributed by atoms with Crippen LogP contribution in [-0.4, -0.2) is 18.9 Å². The van der Waals surface area contributed by atoms with Gasteiger partial charge in [0.2, 0.25) is 0 Å². The van der Waals surface area contributed by atoms with Crippen LogP contribution in [0.1, 0.15) is 150 Å². The molecule has 3 heteroatoms. The lowest BCUT2D eigenvalue weighted by atomic mass is 9.47. The minimum atomic E-state index is -0.449. The van der Waals surface area contributed by atoms with Crippen LogP contribution in [0.2, 0.25) is 0 Å². The first kappa shape index (κ1) is 29.0. The number of carbonyl (C=O) groups is 1. The van der Waals surface area contributed by atoms with Crippen LogP contribution in [0.4, 0.5) is 4.79 Å². The van der Waals surface area contributed by atoms with Gasteiger partial charge in [-0.15, -0.1) is 0 Å². The highest BCUT2D eigenvalue weighted by molar-refractivity contribution is 5.60. The number of fused-ring (bicyclic) bond motifs is 5. The number of ether oxygens (including phenoxy) is 2. The van der Waals surface area contributed by atoms with E-state index in [2.05, 4.69) is 33.8 Å². The number of allylic oxidation sites excluding steroid dienone is 1. The van der Waals surface area contributed by atoms with E-state index in [4.69, 9.17) is 9.47 Å². The van der Waals surface area contributed by atoms with E-state index in [-0.39, 0.29) is 6.10 Å². The Morgan fingerprint density at radius 2 is 1.59 bits per heavy atom. The molecule has 4 aliphatic rings. The molecular weight excluding hydrogens is 456 g/mol. The molecule has 0 bridgehead atoms. The summed E-state index contributed by atoms with van der Waals surface area (Å²) in [5, 5.41) is 0. The van der Waals surface area contributed by atoms with Crippen LogP contribution in [0.3, 0.4) is 0 Å². The molecule has 0 N–H and O–H groups in total. The Morgan fingerprint density at radius 1 is 0.865 bits per heavy atom. The van der Waals surface area contributed by atoms with Crippen molar-refractivity contribution in [3.63, 3.8) is 0 Å². The van der Waals surface area contributed by atoms with Gasteiger partial charge < -0.3 is 9.47 Å². The molecule has 0 amide bonds. The third kappa shape index (κ3) is 6.60. The van der Waals surface area contributed by atoms with Crippen LogP contribution in [-0.2, 0) is 9.47 Å². The second-order valence-corrected chi connectivity index (χ2v) is 13.8. The molecule has 0 aliphatic heterocycles. The lowest BCUT2D eigenvalue weighted by Crippen LogP contribution is -2.50. The Kier molecular flexibility index (Phi) is 10.5. The lowest BCUT2D eigenvalue weighted by molar-refractivity contribution is -0.0563. The zero-order valence-electron chi connectivity index (χ0n) is 24.8. The summed E-state index contributed by atoms with van der Waals surface area (Å²) in [4.78, 5) is 12.3. The molecule has 0 aromatic heterocycles. The molecule has 7 unspecified atom stereocenters. The molecule has 0 aromatic rings. The van der Waals surface area contributed by atoms with Gasteiger partial charge in [-0.25, -0.2) is 4.79 Å². The predicted molar refractivity (Wildman–Crippen MR) is 154 cm³/mol. The van der Waals surface area contributed by atoms with Crippen LogP contribution in [0.25, 0.3) is 0 Å². The first-order chi connectivity index (χ1) is 17.9. The van der Waals surface area contributed by atoms with Gasteiger partial charge in [-0.3, -0.25) is 0 Å². The first-order valence-electron chi connectivity index (χ1n) is 16.4. The van der Waals surface area contributed by atoms with Gasteiger partial charge in [-0.05, 0) is 92.3 Å². The summed E-state index contributed by atoms with van der Waals surface area (Å²) in [6, 6.07) is 0. The summed E-state index contributed by atoms with van der Waals surface area (Å²) in [5.74, 6) is 3.57. The van der Waals surface area contributed by atoms with Crippen LogP contribution >= 0.6 is 0 Å². The van der Waals surface area contributed by atoms with E-state index in [1.165, 1.54) is 96.3 Å². The highest BCUT2D eigenvalue weighted by Gasteiger charge is 2.58. The van der Waals surface area contributed by atoms with E-state index in [1.807, 2.05) is 0 Å². The molecule has 0 heterocycles. The van der Waals surface area contributed by atoms with Gasteiger partial charge in [0.25, 0.3) is 0 Å². The minimum absolute atomic E-state index is 0.000982. The fourth-order valence-corrected chi connectivity index (χ4v) is 9.34. The van der Waals surface area contributed by atoms with E-state index in [9.17, 15) is 4.79 Å². The highest BCUT2D eigenvalue weighted by Crippen LogP contribution is 2.66. The number of carbonyl (C=O) groups excluding carboxylic acids is 1. The van der Waals surface area contributed by atoms with Crippen LogP contribution in [0, 0.1) is 34.5 Å². The Hall–Kier alpha value is -0.990. The van der Waals surface area contributed by atoms with Crippen molar-refractivity contribution < 1.29 is 14.3 Å². The maximum atomic E-state index is 12.3. The van der Waals surface area contributed by atoms with Crippen LogP contribution in [0.15, 0.2) is 11.6 Å². The third-order valence-electron chi connectivity index (χ3n) is 11.6. The summed E-state index contributed by atoms with van der Waals surface area (Å²) in [6.07, 6.45) is 26.8. The first-order valence-corrected chi connectivity index (χ1v) is 16.4. The number of rotatable bonds is 13. The van der Waals surface area contributed by atoms with Gasteiger partial charge in [-0.1, -0.05) is 97.1 Å². The van der Waals surface area contributed by atoms with Crippen molar-refractivity contribution >= 4 is 6.16 Å². The number of hydrogen-bond acceptors (Lipinski definition) is 3. The summed E-state index contributed by atoms with van der Waals surface area (Å²) >= 11 is 0. The monoisotopic (exact) mass is 514 g/mol. The molecule has 0 spiro atoms. The van der Waals surface area contributed by atoms with Crippen molar-refractivity contribution in [1.82, 2.24) is 0 Å². The second-order valence-electron chi connectivity index (χ2n) is 13.8. The summed E-state index contributed by atoms with van der Waals surface area (Å²) in [7, 11) is 0. The number of hydrogen-bond donors (Lipinski definition) is 0. The van der Waals surface area contributed by atoms with Gasteiger partial charge >= 0.3 is 6.16 Å². The molecule has 4 rings (SSSR count). The highest BCUT2D eigenvalue weighted by atomic mass is 16.7. The molecule has 7 atom stereocenters. The maximum Gasteiger partial charge on any atom is 0.508 e. The smallest absolute Gasteiger partial charge is 0.434 e. The molecule has 4 aliphatic carbocycles. The molecule has 3 fully saturated rings. The molecular formula is C34H58O3. The lowest BCUT2D eigenvalue weighted by Gasteiger charge is -2.58. The van der Waals surface area contributed by atoms with E-state index >= 15 is 0 Å². The van der Waals surface area contributed by atoms with Gasteiger partial charge in [0.05, 0.1) is 6.61 Å². The molecule has 0 radical (unpaired) electrons. The van der Waals surface area contributed by atoms with Gasteiger partial charge in [0, 0.05) is 6.42 Å². The summed E-state index contributed by atoms with van der Waals surface area (Å²) in [6.45, 7) is 10.2. The van der Waals surface area contributed by atoms with Crippen molar-refractivity contribution in [2.75, 3.05) is 6.61 Å². The van der Waals surface area contributed by atoms with Crippen LogP contribution in [0.5, 0.6) is 0 Å². The molecule has 0 aromatic carbocycles. The molecule has 0 saturated heterocycles. The fraction of sp³-hybridized carbons (Fsp3) is 0.912. The number of unbranched alkanes of at least 4 members (excludes halogenated alkanes) is 8. The largest absolute Gasteiger partial charge is 0.508 e. The molecule has 212 valence electrons. The summed E-state index contributed by atoms with van der Waals surface area (Å²) < 4.78 is 11.2. The van der Waals surface area contributed by atoms with Crippen molar-refractivity contribution in [3.8, 4) is 0 Å². The topological polar surface area (TPSA) is 35.5 Å². The third-order valence-corrected chi connectivity index (χ3v) is 11.6. The zero-order valence-corrected chi connectivity index (χ0v) is 24.8. The van der Waals surface area contributed by atoms with E-state index in [1.54, 1.807) is 5.57 Å². The Morgan fingerprint density at radius 3 is 2.38 bits per heavy atom. The summed E-state index contributed by atoms with van der Waals surface area (Å²) in [5.41, 5.74) is 2.48. The predicted octanol–water partition coefficient (Wildman–Crippen LogP) is 10.4. The van der Waals surface area contributed by atoms with Crippen LogP contribution < -0.4 is 0 Å². The van der Waals surface area contributed by atoms with Gasteiger partial charge in [-0.2, -0.15) is 0 Å². The minimum Gasteiger partial charge on any atom is -0.434 e. The quantitative estimate of drug-likeness (QED) is 0.139. The average molecular weight is 515 g/mol. The molecule has 3 nitrogen and oxygen atoms in total. The SMILES string of the molecule is CCCCCCCCC1CCC2C3CC=C4CC(OC(=O)OCCCCCC)CCC4(C)C3CCC12C. The van der Waals surface area contributed by atoms with Gasteiger partial charge in [0.15, 0.2) is 0 Å². The van der Waals surface area contributed by atoms with E-state index in [0.717, 1.165) is 49.4 Å². The zero-order chi connectivity index (χ0) is 26.3. The Labute approximate surface area is 228 Å². The van der Waals surface area contributed by atoms with E-state index in [0.29, 0.717) is 17.4 Å². The van der Waals surface area contributed by atoms with Gasteiger partial charge in [0.1, 0.15) is 6.10 Å². The second kappa shape index (κ2) is 13.4. The normalized spacial score (nSPS) is 36.8. The molecule has 3 saturated carbocycles. The average Bonchev–Trinajstić information content (AvgIpc) is 3.22. The van der Waals surface area contributed by atoms with Crippen molar-refractivity contribution in [2.24, 2.45) is 34.5 Å². The maximum absolute atomic E-state index is 12.3. The Bertz CT molecular complexity index is 758. The fourth-order valence-electron chi connectivity index (χ4n) is 9.34. The van der Waals surface area contributed by atoms with E-state index < -0.39 is 6.16 Å². The standard InChI is InChI=1S/C34H58O3/c1-5-7-9-11-12-13-15-26-17-19-30-29-18-16-27-25-28(37-32(35)36-24-14-10-8-6-2)20-22-34(27,4)31(29)21-23-33(26,30)3/h16,26,28-31H,5-15,17-25H2,1-4H3. The van der Waals surface area contributed by atoms with Crippen molar-refractivity contribution in [1.29, 1.82) is 0 Å². The molecule has 37 heavy (non-hydrogen) atoms. The van der Waals surface area contributed by atoms with Crippen molar-refractivity contribution in [3.05, 3.63) is 11.6 Å². The Balaban J connectivity index is 1.29. The van der Waals surface area contributed by atoms with Crippen molar-refractivity contribution in [2.45, 2.75) is 156 Å².